The van der Waals surface area contributed by atoms with E-state index < -0.39 is 0 Å². The summed E-state index contributed by atoms with van der Waals surface area (Å²) >= 11 is 0. The molecule has 1 unspecified atom stereocenters. The van der Waals surface area contributed by atoms with Gasteiger partial charge in [0.25, 0.3) is 0 Å². The normalized spacial score (nSPS) is 14.8. The number of methoxy groups -OCH3 is 1. The molecule has 180 valence electrons. The van der Waals surface area contributed by atoms with Crippen molar-refractivity contribution in [1.82, 2.24) is 20.5 Å². The van der Waals surface area contributed by atoms with Crippen molar-refractivity contribution in [3.63, 3.8) is 0 Å². The first-order valence-corrected chi connectivity index (χ1v) is 11.1. The number of likely N-dealkylation sites (tertiary alicyclic amines) is 1. The molecule has 2 aromatic rings. The maximum atomic E-state index is 12.2. The molecule has 1 aromatic heterocycles. The Morgan fingerprint density at radius 2 is 1.94 bits per heavy atom. The van der Waals surface area contributed by atoms with Crippen LogP contribution in [0, 0.1) is 6.92 Å². The van der Waals surface area contributed by atoms with E-state index >= 15 is 0 Å². The highest BCUT2D eigenvalue weighted by Gasteiger charge is 2.24. The van der Waals surface area contributed by atoms with Gasteiger partial charge in [0.15, 0.2) is 5.96 Å². The molecule has 0 aliphatic carbocycles. The van der Waals surface area contributed by atoms with Crippen molar-refractivity contribution in [3.05, 3.63) is 53.7 Å². The van der Waals surface area contributed by atoms with Gasteiger partial charge in [-0.25, -0.2) is 4.98 Å². The van der Waals surface area contributed by atoms with E-state index in [0.29, 0.717) is 31.3 Å². The molecule has 0 bridgehead atoms. The third-order valence-electron chi connectivity index (χ3n) is 5.55. The predicted molar refractivity (Wildman–Crippen MR) is 144 cm³/mol. The molecule has 1 saturated heterocycles. The Morgan fingerprint density at radius 1 is 1.18 bits per heavy atom. The second-order valence-electron chi connectivity index (χ2n) is 7.88. The van der Waals surface area contributed by atoms with Gasteiger partial charge in [-0.2, -0.15) is 0 Å². The molecular formula is C24H35IN6O2. The van der Waals surface area contributed by atoms with Gasteiger partial charge in [0.1, 0.15) is 11.6 Å². The number of aliphatic imine (C=N–C) groups is 1. The van der Waals surface area contributed by atoms with Crippen molar-refractivity contribution in [3.8, 4) is 5.75 Å². The number of hydrogen-bond acceptors (Lipinski definition) is 5. The number of guanidine groups is 1. The molecule has 2 heterocycles. The molecule has 1 aliphatic heterocycles. The van der Waals surface area contributed by atoms with Gasteiger partial charge in [-0.15, -0.1) is 24.0 Å². The van der Waals surface area contributed by atoms with E-state index in [1.165, 1.54) is 18.4 Å². The summed E-state index contributed by atoms with van der Waals surface area (Å²) in [5, 5.41) is 9.48. The molecule has 3 N–H and O–H groups in total. The van der Waals surface area contributed by atoms with Crippen molar-refractivity contribution < 1.29 is 9.53 Å². The van der Waals surface area contributed by atoms with Gasteiger partial charge in [-0.3, -0.25) is 14.7 Å². The SMILES string of the molecule is CN=C(NCCC(=O)Nc1cccc(C)n1)NCC(c1cccc(OC)c1)N1CCCC1.I. The molecular weight excluding hydrogens is 531 g/mol. The lowest BCUT2D eigenvalue weighted by Gasteiger charge is -2.29. The molecule has 1 fully saturated rings. The minimum absolute atomic E-state index is 0. The average Bonchev–Trinajstić information content (AvgIpc) is 3.33. The van der Waals surface area contributed by atoms with Crippen LogP contribution in [-0.2, 0) is 4.79 Å². The van der Waals surface area contributed by atoms with Crippen molar-refractivity contribution >= 4 is 41.7 Å². The van der Waals surface area contributed by atoms with E-state index in [9.17, 15) is 4.79 Å². The third kappa shape index (κ3) is 8.47. The van der Waals surface area contributed by atoms with Crippen LogP contribution in [0.3, 0.4) is 0 Å². The zero-order valence-corrected chi connectivity index (χ0v) is 22.0. The van der Waals surface area contributed by atoms with Crippen LogP contribution in [-0.4, -0.2) is 62.1 Å². The topological polar surface area (TPSA) is 90.9 Å². The second kappa shape index (κ2) is 14.0. The highest BCUT2D eigenvalue weighted by atomic mass is 127. The highest BCUT2D eigenvalue weighted by Crippen LogP contribution is 2.27. The number of benzene rings is 1. The lowest BCUT2D eigenvalue weighted by Crippen LogP contribution is -2.43. The van der Waals surface area contributed by atoms with Gasteiger partial charge in [-0.1, -0.05) is 18.2 Å². The van der Waals surface area contributed by atoms with Crippen LogP contribution in [0.5, 0.6) is 5.75 Å². The number of nitrogens with zero attached hydrogens (tertiary/aromatic N) is 3. The number of pyridine rings is 1. The van der Waals surface area contributed by atoms with Crippen LogP contribution < -0.4 is 20.7 Å². The number of carbonyl (C=O) groups is 1. The van der Waals surface area contributed by atoms with E-state index in [1.54, 1.807) is 20.2 Å². The lowest BCUT2D eigenvalue weighted by molar-refractivity contribution is -0.116. The first kappa shape index (κ1) is 26.8. The molecule has 9 heteroatoms. The molecule has 3 rings (SSSR count). The lowest BCUT2D eigenvalue weighted by atomic mass is 10.1. The molecule has 0 spiro atoms. The summed E-state index contributed by atoms with van der Waals surface area (Å²) in [5.74, 6) is 2.03. The Balaban J connectivity index is 0.00000385. The maximum absolute atomic E-state index is 12.2. The van der Waals surface area contributed by atoms with Crippen molar-refractivity contribution in [2.75, 3.05) is 45.7 Å². The van der Waals surface area contributed by atoms with Crippen molar-refractivity contribution in [2.24, 2.45) is 4.99 Å². The zero-order chi connectivity index (χ0) is 22.8. The monoisotopic (exact) mass is 566 g/mol. The Morgan fingerprint density at radius 3 is 2.64 bits per heavy atom. The molecule has 33 heavy (non-hydrogen) atoms. The van der Waals surface area contributed by atoms with E-state index in [2.05, 4.69) is 43.0 Å². The average molecular weight is 566 g/mol. The van der Waals surface area contributed by atoms with E-state index in [4.69, 9.17) is 4.74 Å². The van der Waals surface area contributed by atoms with E-state index in [1.807, 2.05) is 31.2 Å². The standard InChI is InChI=1S/C24H34N6O2.HI/c1-18-8-6-11-22(28-18)29-23(31)12-13-26-24(25-2)27-17-21(30-14-4-5-15-30)19-9-7-10-20(16-19)32-3;/h6-11,16,21H,4-5,12-15,17H2,1-3H3,(H2,25,26,27)(H,28,29,31);1H. The molecule has 1 aromatic carbocycles. The van der Waals surface area contributed by atoms with Gasteiger partial charge >= 0.3 is 0 Å². The summed E-state index contributed by atoms with van der Waals surface area (Å²) in [6, 6.07) is 14.0. The molecule has 0 saturated carbocycles. The number of hydrogen-bond donors (Lipinski definition) is 3. The third-order valence-corrected chi connectivity index (χ3v) is 5.55. The number of aryl methyl sites for hydroxylation is 1. The smallest absolute Gasteiger partial charge is 0.227 e. The highest BCUT2D eigenvalue weighted by molar-refractivity contribution is 14.0. The van der Waals surface area contributed by atoms with Crippen LogP contribution in [0.25, 0.3) is 0 Å². The van der Waals surface area contributed by atoms with Gasteiger partial charge in [0.2, 0.25) is 5.91 Å². The molecule has 0 radical (unpaired) electrons. The van der Waals surface area contributed by atoms with E-state index in [-0.39, 0.29) is 35.9 Å². The van der Waals surface area contributed by atoms with Crippen molar-refractivity contribution in [2.45, 2.75) is 32.2 Å². The zero-order valence-electron chi connectivity index (χ0n) is 19.6. The number of amides is 1. The quantitative estimate of drug-likeness (QED) is 0.245. The van der Waals surface area contributed by atoms with Crippen LogP contribution in [0.15, 0.2) is 47.5 Å². The number of nitrogens with one attached hydrogen (secondary N) is 3. The van der Waals surface area contributed by atoms with Gasteiger partial charge in [-0.05, 0) is 62.7 Å². The van der Waals surface area contributed by atoms with Crippen LogP contribution in [0.1, 0.15) is 36.6 Å². The van der Waals surface area contributed by atoms with Crippen LogP contribution >= 0.6 is 24.0 Å². The number of carbonyl (C=O) groups excluding carboxylic acids is 1. The Hall–Kier alpha value is -2.40. The number of rotatable bonds is 9. The van der Waals surface area contributed by atoms with Gasteiger partial charge in [0, 0.05) is 32.3 Å². The fourth-order valence-corrected chi connectivity index (χ4v) is 3.89. The molecule has 8 nitrogen and oxygen atoms in total. The number of halogens is 1. The fraction of sp³-hybridized carbons (Fsp3) is 0.458. The first-order chi connectivity index (χ1) is 15.6. The van der Waals surface area contributed by atoms with Crippen LogP contribution in [0.2, 0.25) is 0 Å². The largest absolute Gasteiger partial charge is 0.497 e. The van der Waals surface area contributed by atoms with Crippen molar-refractivity contribution in [1.29, 1.82) is 0 Å². The Bertz CT molecular complexity index is 917. The summed E-state index contributed by atoms with van der Waals surface area (Å²) in [4.78, 5) is 23.3. The Kier molecular flexibility index (Phi) is 11.4. The van der Waals surface area contributed by atoms with Gasteiger partial charge in [0.05, 0.1) is 13.2 Å². The number of anilines is 1. The second-order valence-corrected chi connectivity index (χ2v) is 7.88. The predicted octanol–water partition coefficient (Wildman–Crippen LogP) is 3.35. The summed E-state index contributed by atoms with van der Waals surface area (Å²) in [6.45, 7) is 5.26. The van der Waals surface area contributed by atoms with Gasteiger partial charge < -0.3 is 20.7 Å². The van der Waals surface area contributed by atoms with E-state index in [0.717, 1.165) is 24.5 Å². The minimum Gasteiger partial charge on any atom is -0.497 e. The molecule has 1 amide bonds. The summed E-state index contributed by atoms with van der Waals surface area (Å²) in [7, 11) is 3.43. The fourth-order valence-electron chi connectivity index (χ4n) is 3.89. The molecule has 1 atom stereocenters. The number of aromatic nitrogens is 1. The van der Waals surface area contributed by atoms with Crippen LogP contribution in [0.4, 0.5) is 5.82 Å². The summed E-state index contributed by atoms with van der Waals surface area (Å²) in [5.41, 5.74) is 2.09. The molecule has 1 aliphatic rings. The Labute approximate surface area is 213 Å². The minimum atomic E-state index is -0.0858. The number of ether oxygens (including phenoxy) is 1. The summed E-state index contributed by atoms with van der Waals surface area (Å²) < 4.78 is 5.42. The maximum Gasteiger partial charge on any atom is 0.227 e. The first-order valence-electron chi connectivity index (χ1n) is 11.1. The summed E-state index contributed by atoms with van der Waals surface area (Å²) in [6.07, 6.45) is 2.76.